The van der Waals surface area contributed by atoms with Gasteiger partial charge in [-0.15, -0.1) is 0 Å². The Morgan fingerprint density at radius 1 is 1.60 bits per heavy atom. The fourth-order valence-electron chi connectivity index (χ4n) is 0. The highest BCUT2D eigenvalue weighted by Gasteiger charge is 1.80. The Labute approximate surface area is 72.9 Å². The summed E-state index contributed by atoms with van der Waals surface area (Å²) in [4.78, 5) is 19.0. The molecule has 0 aliphatic heterocycles. The van der Waals surface area contributed by atoms with Crippen molar-refractivity contribution >= 4 is 34.5 Å². The molecule has 0 bridgehead atoms. The zero-order chi connectivity index (χ0) is 8.57. The molecule has 0 saturated heterocycles. The van der Waals surface area contributed by atoms with Crippen molar-refractivity contribution in [3.05, 3.63) is 0 Å². The maximum absolute atomic E-state index is 9.58. The molecule has 0 rings (SSSR count). The van der Waals surface area contributed by atoms with Crippen LogP contribution in [0.5, 0.6) is 0 Å². The van der Waals surface area contributed by atoms with E-state index in [2.05, 4.69) is 5.73 Å². The Hall–Kier alpha value is -0.330. The number of amides is 1. The lowest BCUT2D eigenvalue weighted by Crippen LogP contribution is -2.10. The minimum Gasteiger partial charge on any atom is -0.481 e. The second kappa shape index (κ2) is 8.67. The third kappa shape index (κ3) is 25.3. The Balaban J connectivity index is 0. The predicted molar refractivity (Wildman–Crippen MR) is 46.0 cm³/mol. The second-order valence-electron chi connectivity index (χ2n) is 1.35. The molecular weight excluding hydrogens is 249 g/mol. The molecule has 0 saturated carbocycles. The molecule has 0 atom stereocenters. The van der Waals surface area contributed by atoms with Crippen LogP contribution in [0.3, 0.4) is 0 Å². The first kappa shape index (κ1) is 12.4. The van der Waals surface area contributed by atoms with E-state index in [9.17, 15) is 9.59 Å². The average molecular weight is 259 g/mol. The number of primary amides is 1. The lowest BCUT2D eigenvalue weighted by atomic mass is 10.5. The van der Waals surface area contributed by atoms with E-state index in [1.165, 1.54) is 0 Å². The zero-order valence-corrected chi connectivity index (χ0v) is 7.79. The van der Waals surface area contributed by atoms with E-state index in [1.54, 1.807) is 6.92 Å². The summed E-state index contributed by atoms with van der Waals surface area (Å²) in [7, 11) is 0. The van der Waals surface area contributed by atoms with Crippen LogP contribution in [-0.4, -0.2) is 21.4 Å². The van der Waals surface area contributed by atoms with Gasteiger partial charge in [0.25, 0.3) is 0 Å². The number of carbonyl (C=O) groups excluding carboxylic acids is 1. The lowest BCUT2D eigenvalue weighted by Gasteiger charge is -1.71. The highest BCUT2D eigenvalue weighted by atomic mass is 127. The quantitative estimate of drug-likeness (QED) is 0.556. The van der Waals surface area contributed by atoms with Crippen molar-refractivity contribution in [1.29, 1.82) is 0 Å². The number of alkyl halides is 1. The van der Waals surface area contributed by atoms with Crippen molar-refractivity contribution in [1.82, 2.24) is 0 Å². The monoisotopic (exact) mass is 259 g/mol. The van der Waals surface area contributed by atoms with E-state index in [1.807, 2.05) is 22.6 Å². The van der Waals surface area contributed by atoms with E-state index in [-0.39, 0.29) is 12.3 Å². The normalized spacial score (nSPS) is 7.40. The van der Waals surface area contributed by atoms with Gasteiger partial charge in [0, 0.05) is 6.42 Å². The van der Waals surface area contributed by atoms with Gasteiger partial charge in [-0.1, -0.05) is 29.5 Å². The average Bonchev–Trinajstić information content (AvgIpc) is 1.89. The third-order valence-corrected chi connectivity index (χ3v) is 1.19. The molecule has 0 aromatic carbocycles. The summed E-state index contributed by atoms with van der Waals surface area (Å²) in [6.07, 6.45) is 0.222. The van der Waals surface area contributed by atoms with Gasteiger partial charge in [-0.05, 0) is 0 Å². The third-order valence-electron chi connectivity index (χ3n) is 0.434. The number of carboxylic acids is 1. The standard InChI is InChI=1S/C3H6O2.C2H4INO/c1-2-3(4)5;3-1-2(4)5/h2H2,1H3,(H,4,5);1H2,(H2,4,5). The maximum Gasteiger partial charge on any atom is 0.303 e. The summed E-state index contributed by atoms with van der Waals surface area (Å²) < 4.78 is 0.414. The molecule has 3 N–H and O–H groups in total. The van der Waals surface area contributed by atoms with Crippen LogP contribution in [0.1, 0.15) is 13.3 Å². The maximum atomic E-state index is 9.58. The summed E-state index contributed by atoms with van der Waals surface area (Å²) in [5.41, 5.74) is 4.65. The molecule has 0 fully saturated rings. The van der Waals surface area contributed by atoms with E-state index in [0.717, 1.165) is 0 Å². The van der Waals surface area contributed by atoms with Crippen molar-refractivity contribution in [3.63, 3.8) is 0 Å². The van der Waals surface area contributed by atoms with Gasteiger partial charge in [-0.2, -0.15) is 0 Å². The predicted octanol–water partition coefficient (Wildman–Crippen LogP) is 0.388. The molecule has 0 aliphatic rings. The van der Waals surface area contributed by atoms with Crippen LogP contribution in [0.25, 0.3) is 0 Å². The van der Waals surface area contributed by atoms with Crippen LogP contribution in [0.2, 0.25) is 0 Å². The van der Waals surface area contributed by atoms with Crippen LogP contribution in [0, 0.1) is 0 Å². The van der Waals surface area contributed by atoms with Crippen LogP contribution in [-0.2, 0) is 9.59 Å². The number of hydrogen-bond donors (Lipinski definition) is 2. The number of nitrogens with two attached hydrogens (primary N) is 1. The van der Waals surface area contributed by atoms with Crippen LogP contribution >= 0.6 is 22.6 Å². The highest BCUT2D eigenvalue weighted by molar-refractivity contribution is 14.1. The smallest absolute Gasteiger partial charge is 0.303 e. The molecule has 0 aliphatic carbocycles. The highest BCUT2D eigenvalue weighted by Crippen LogP contribution is 1.72. The molecule has 1 amide bonds. The fraction of sp³-hybridized carbons (Fsp3) is 0.600. The minimum atomic E-state index is -0.745. The summed E-state index contributed by atoms with van der Waals surface area (Å²) in [5, 5.41) is 7.72. The first-order valence-corrected chi connectivity index (χ1v) is 4.13. The molecule has 0 heterocycles. The molecule has 0 unspecified atom stereocenters. The fourth-order valence-corrected chi connectivity index (χ4v) is 0. The molecule has 4 nitrogen and oxygen atoms in total. The van der Waals surface area contributed by atoms with E-state index in [0.29, 0.717) is 4.43 Å². The molecule has 10 heavy (non-hydrogen) atoms. The number of carbonyl (C=O) groups is 2. The Bertz CT molecular complexity index is 101. The van der Waals surface area contributed by atoms with Gasteiger partial charge in [-0.25, -0.2) is 0 Å². The zero-order valence-electron chi connectivity index (χ0n) is 5.63. The van der Waals surface area contributed by atoms with Crippen molar-refractivity contribution in [2.45, 2.75) is 13.3 Å². The van der Waals surface area contributed by atoms with Gasteiger partial charge in [0.2, 0.25) is 5.91 Å². The van der Waals surface area contributed by atoms with Crippen LogP contribution < -0.4 is 5.73 Å². The van der Waals surface area contributed by atoms with Crippen molar-refractivity contribution in [3.8, 4) is 0 Å². The SMILES string of the molecule is CCC(=O)O.NC(=O)CI. The van der Waals surface area contributed by atoms with Gasteiger partial charge < -0.3 is 10.8 Å². The van der Waals surface area contributed by atoms with E-state index >= 15 is 0 Å². The number of aliphatic carboxylic acids is 1. The Morgan fingerprint density at radius 2 is 1.80 bits per heavy atom. The van der Waals surface area contributed by atoms with E-state index < -0.39 is 5.97 Å². The Kier molecular flexibility index (Phi) is 10.7. The number of rotatable bonds is 2. The largest absolute Gasteiger partial charge is 0.481 e. The van der Waals surface area contributed by atoms with Gasteiger partial charge in [-0.3, -0.25) is 9.59 Å². The molecule has 0 aromatic rings. The van der Waals surface area contributed by atoms with Crippen LogP contribution in [0.4, 0.5) is 0 Å². The van der Waals surface area contributed by atoms with Crippen LogP contribution in [0.15, 0.2) is 0 Å². The number of carboxylic acid groups (broad SMARTS) is 1. The minimum absolute atomic E-state index is 0.222. The molecule has 0 radical (unpaired) electrons. The first-order chi connectivity index (χ1) is 4.54. The van der Waals surface area contributed by atoms with Crippen molar-refractivity contribution < 1.29 is 14.7 Å². The molecule has 5 heteroatoms. The summed E-state index contributed by atoms with van der Waals surface area (Å²) in [5.74, 6) is -1.00. The second-order valence-corrected chi connectivity index (χ2v) is 2.11. The van der Waals surface area contributed by atoms with Gasteiger partial charge >= 0.3 is 5.97 Å². The summed E-state index contributed by atoms with van der Waals surface area (Å²) in [6, 6.07) is 0. The lowest BCUT2D eigenvalue weighted by molar-refractivity contribution is -0.136. The molecular formula is C5H10INO3. The van der Waals surface area contributed by atoms with Crippen molar-refractivity contribution in [2.75, 3.05) is 4.43 Å². The summed E-state index contributed by atoms with van der Waals surface area (Å²) >= 11 is 1.90. The molecule has 60 valence electrons. The van der Waals surface area contributed by atoms with Gasteiger partial charge in [0.05, 0.1) is 4.43 Å². The summed E-state index contributed by atoms with van der Waals surface area (Å²) in [6.45, 7) is 1.60. The van der Waals surface area contributed by atoms with Crippen molar-refractivity contribution in [2.24, 2.45) is 5.73 Å². The topological polar surface area (TPSA) is 80.4 Å². The van der Waals surface area contributed by atoms with Gasteiger partial charge in [0.15, 0.2) is 0 Å². The first-order valence-electron chi connectivity index (χ1n) is 2.60. The Morgan fingerprint density at radius 3 is 1.80 bits per heavy atom. The van der Waals surface area contributed by atoms with Gasteiger partial charge in [0.1, 0.15) is 0 Å². The molecule has 0 aromatic heterocycles. The number of hydrogen-bond acceptors (Lipinski definition) is 2. The molecule has 0 spiro atoms. The number of halogens is 1. The van der Waals surface area contributed by atoms with E-state index in [4.69, 9.17) is 5.11 Å².